The molecule has 4 amide bonds. The minimum atomic E-state index is -3.92. The zero-order valence-electron chi connectivity index (χ0n) is 17.6. The van der Waals surface area contributed by atoms with E-state index in [1.54, 1.807) is 29.2 Å². The monoisotopic (exact) mass is 485 g/mol. The zero-order valence-corrected chi connectivity index (χ0v) is 18.4. The van der Waals surface area contributed by atoms with Crippen LogP contribution in [0.25, 0.3) is 0 Å². The Labute approximate surface area is 193 Å². The van der Waals surface area contributed by atoms with Gasteiger partial charge in [0.25, 0.3) is 5.69 Å². The molecule has 12 nitrogen and oxygen atoms in total. The smallest absolute Gasteiger partial charge is 0.328 e. The Balaban J connectivity index is 1.62. The number of nitro benzene ring substituents is 1. The summed E-state index contributed by atoms with van der Waals surface area (Å²) >= 11 is 0. The maximum absolute atomic E-state index is 13.3. The number of nitrogens with one attached hydrogen (secondary N) is 2. The molecule has 2 saturated heterocycles. The minimum Gasteiger partial charge on any atom is -0.364 e. The van der Waals surface area contributed by atoms with Crippen molar-refractivity contribution in [2.45, 2.75) is 17.4 Å². The summed E-state index contributed by atoms with van der Waals surface area (Å²) in [5, 5.41) is 15.5. The number of fused-ring (bicyclic) bond motifs is 4. The predicted molar refractivity (Wildman–Crippen MR) is 117 cm³/mol. The Morgan fingerprint density at radius 2 is 1.68 bits per heavy atom. The van der Waals surface area contributed by atoms with Gasteiger partial charge in [-0.05, 0) is 23.8 Å². The molecule has 2 N–H and O–H groups in total. The van der Waals surface area contributed by atoms with Crippen molar-refractivity contribution in [3.63, 3.8) is 0 Å². The summed E-state index contributed by atoms with van der Waals surface area (Å²) < 4.78 is 27.8. The number of hydrogen-bond acceptors (Lipinski definition) is 8. The molecule has 2 aromatic carbocycles. The van der Waals surface area contributed by atoms with E-state index in [-0.39, 0.29) is 36.6 Å². The summed E-state index contributed by atoms with van der Waals surface area (Å²) in [5.41, 5.74) is -1.09. The number of benzene rings is 2. The van der Waals surface area contributed by atoms with Crippen molar-refractivity contribution in [3.05, 3.63) is 64.2 Å². The second kappa shape index (κ2) is 7.60. The number of carbonyl (C=O) groups is 3. The van der Waals surface area contributed by atoms with Crippen molar-refractivity contribution < 1.29 is 27.7 Å². The van der Waals surface area contributed by atoms with Crippen LogP contribution in [0.1, 0.15) is 5.56 Å². The maximum atomic E-state index is 13.3. The van der Waals surface area contributed by atoms with E-state index in [1.807, 2.05) is 0 Å². The average Bonchev–Trinajstić information content (AvgIpc) is 2.82. The van der Waals surface area contributed by atoms with Gasteiger partial charge in [-0.2, -0.15) is 4.31 Å². The Morgan fingerprint density at radius 3 is 2.32 bits per heavy atom. The van der Waals surface area contributed by atoms with E-state index < -0.39 is 44.2 Å². The molecule has 5 rings (SSSR count). The minimum absolute atomic E-state index is 0.0718. The van der Waals surface area contributed by atoms with E-state index in [4.69, 9.17) is 0 Å². The molecule has 0 unspecified atom stereocenters. The van der Waals surface area contributed by atoms with Gasteiger partial charge < -0.3 is 4.90 Å². The largest absolute Gasteiger partial charge is 0.364 e. The summed E-state index contributed by atoms with van der Waals surface area (Å²) in [4.78, 5) is 50.7. The molecule has 34 heavy (non-hydrogen) atoms. The molecule has 0 aliphatic carbocycles. The zero-order chi connectivity index (χ0) is 24.3. The SMILES string of the molecule is O=C1NC(=O)C2(Cc3cc([N+](=O)[O-])ccc3N3CCN(S(=O)(=O)c4ccccc4)C[C@H]32)C(=O)N1. The quantitative estimate of drug-likeness (QED) is 0.359. The number of amides is 4. The Bertz CT molecular complexity index is 1320. The lowest BCUT2D eigenvalue weighted by molar-refractivity contribution is -0.384. The van der Waals surface area contributed by atoms with Crippen LogP contribution in [0.5, 0.6) is 0 Å². The van der Waals surface area contributed by atoms with Crippen LogP contribution in [-0.2, 0) is 26.0 Å². The first-order valence-electron chi connectivity index (χ1n) is 10.4. The van der Waals surface area contributed by atoms with Gasteiger partial charge in [-0.3, -0.25) is 30.3 Å². The van der Waals surface area contributed by atoms with Gasteiger partial charge in [0.2, 0.25) is 21.8 Å². The van der Waals surface area contributed by atoms with Crippen LogP contribution in [0.15, 0.2) is 53.4 Å². The van der Waals surface area contributed by atoms with Crippen LogP contribution in [0.2, 0.25) is 0 Å². The predicted octanol–water partition coefficient (Wildman–Crippen LogP) is 0.383. The second-order valence-corrected chi connectivity index (χ2v) is 10.3. The van der Waals surface area contributed by atoms with E-state index in [2.05, 4.69) is 10.6 Å². The van der Waals surface area contributed by atoms with Crippen LogP contribution in [0.3, 0.4) is 0 Å². The fraction of sp³-hybridized carbons (Fsp3) is 0.286. The molecule has 3 aliphatic heterocycles. The van der Waals surface area contributed by atoms with Crippen molar-refractivity contribution in [2.75, 3.05) is 24.5 Å². The molecule has 2 aromatic rings. The molecule has 0 saturated carbocycles. The second-order valence-electron chi connectivity index (χ2n) is 8.34. The summed E-state index contributed by atoms with van der Waals surface area (Å²) in [6.07, 6.45) is -0.227. The Morgan fingerprint density at radius 1 is 1.00 bits per heavy atom. The van der Waals surface area contributed by atoms with Gasteiger partial charge in [0.15, 0.2) is 5.41 Å². The van der Waals surface area contributed by atoms with E-state index in [9.17, 15) is 32.9 Å². The number of nitro groups is 1. The molecule has 1 spiro atoms. The summed E-state index contributed by atoms with van der Waals surface area (Å²) in [5.74, 6) is -1.74. The van der Waals surface area contributed by atoms with E-state index >= 15 is 0 Å². The Kier molecular flexibility index (Phi) is 4.91. The molecule has 0 bridgehead atoms. The molecule has 3 heterocycles. The lowest BCUT2D eigenvalue weighted by atomic mass is 9.68. The number of rotatable bonds is 3. The van der Waals surface area contributed by atoms with Crippen LogP contribution < -0.4 is 15.5 Å². The van der Waals surface area contributed by atoms with Crippen molar-refractivity contribution in [1.29, 1.82) is 0 Å². The number of carbonyl (C=O) groups excluding carboxylic acids is 3. The number of hydrogen-bond donors (Lipinski definition) is 2. The number of imide groups is 2. The fourth-order valence-corrected chi connectivity index (χ4v) is 6.44. The summed E-state index contributed by atoms with van der Waals surface area (Å²) in [6.45, 7) is 0.0168. The van der Waals surface area contributed by atoms with E-state index in [0.29, 0.717) is 11.3 Å². The summed E-state index contributed by atoms with van der Waals surface area (Å²) in [7, 11) is -3.92. The van der Waals surface area contributed by atoms with Crippen LogP contribution in [0, 0.1) is 15.5 Å². The highest BCUT2D eigenvalue weighted by atomic mass is 32.2. The van der Waals surface area contributed by atoms with Gasteiger partial charge in [0, 0.05) is 43.9 Å². The maximum Gasteiger partial charge on any atom is 0.328 e. The molecule has 2 fully saturated rings. The molecular formula is C21H19N5O7S. The molecule has 13 heteroatoms. The van der Waals surface area contributed by atoms with Crippen molar-refractivity contribution in [1.82, 2.24) is 14.9 Å². The van der Waals surface area contributed by atoms with Gasteiger partial charge in [-0.1, -0.05) is 18.2 Å². The van der Waals surface area contributed by atoms with Crippen LogP contribution in [-0.4, -0.2) is 61.2 Å². The fourth-order valence-electron chi connectivity index (χ4n) is 4.98. The highest BCUT2D eigenvalue weighted by Gasteiger charge is 2.61. The van der Waals surface area contributed by atoms with E-state index in [0.717, 1.165) is 0 Å². The normalized spacial score (nSPS) is 21.9. The number of piperazine rings is 1. The third-order valence-corrected chi connectivity index (χ3v) is 8.49. The lowest BCUT2D eigenvalue weighted by Crippen LogP contribution is -2.74. The first-order valence-corrected chi connectivity index (χ1v) is 11.8. The number of barbiturate groups is 1. The van der Waals surface area contributed by atoms with Gasteiger partial charge in [-0.25, -0.2) is 13.2 Å². The number of sulfonamides is 1. The molecule has 3 aliphatic rings. The molecular weight excluding hydrogens is 466 g/mol. The van der Waals surface area contributed by atoms with Gasteiger partial charge in [0.05, 0.1) is 15.9 Å². The topological polar surface area (TPSA) is 159 Å². The number of anilines is 1. The first kappa shape index (κ1) is 22.0. The Hall–Kier alpha value is -3.84. The number of nitrogens with zero attached hydrogens (tertiary/aromatic N) is 3. The highest BCUT2D eigenvalue weighted by Crippen LogP contribution is 2.45. The van der Waals surface area contributed by atoms with Gasteiger partial charge in [0.1, 0.15) is 0 Å². The lowest BCUT2D eigenvalue weighted by Gasteiger charge is -2.53. The summed E-state index contributed by atoms with van der Waals surface area (Å²) in [6, 6.07) is 10.1. The van der Waals surface area contributed by atoms with Crippen LogP contribution in [0.4, 0.5) is 16.2 Å². The van der Waals surface area contributed by atoms with E-state index in [1.165, 1.54) is 28.6 Å². The first-order chi connectivity index (χ1) is 16.1. The molecule has 0 radical (unpaired) electrons. The standard InChI is InChI=1S/C21H19N5O7S/c27-18-21(19(28)23-20(29)22-18)11-13-10-14(26(30)31)6-7-16(13)25-9-8-24(12-17(21)25)34(32,33)15-4-2-1-3-5-15/h1-7,10,17H,8-9,11-12H2,(H2,22,23,27,28,29)/t17-/m0/s1. The highest BCUT2D eigenvalue weighted by molar-refractivity contribution is 7.89. The van der Waals surface area contributed by atoms with Crippen LogP contribution >= 0.6 is 0 Å². The molecule has 1 atom stereocenters. The van der Waals surface area contributed by atoms with Crippen molar-refractivity contribution in [2.24, 2.45) is 5.41 Å². The average molecular weight is 485 g/mol. The van der Waals surface area contributed by atoms with Gasteiger partial charge >= 0.3 is 6.03 Å². The van der Waals surface area contributed by atoms with Crippen molar-refractivity contribution >= 4 is 39.2 Å². The molecule has 176 valence electrons. The third-order valence-electron chi connectivity index (χ3n) is 6.61. The van der Waals surface area contributed by atoms with Crippen molar-refractivity contribution in [3.8, 4) is 0 Å². The molecule has 0 aromatic heterocycles. The number of non-ortho nitro benzene ring substituents is 1. The third kappa shape index (κ3) is 3.15. The number of urea groups is 1. The van der Waals surface area contributed by atoms with Gasteiger partial charge in [-0.15, -0.1) is 0 Å².